The van der Waals surface area contributed by atoms with Gasteiger partial charge in [0.05, 0.1) is 48.5 Å². The minimum absolute atomic E-state index is 0.00332. The molecule has 0 saturated carbocycles. The Balaban J connectivity index is 0.000000222. The minimum atomic E-state index is -4.80. The second kappa shape index (κ2) is 22.3. The molecule has 0 atom stereocenters. The van der Waals surface area contributed by atoms with Crippen molar-refractivity contribution in [2.45, 2.75) is 33.1 Å². The Kier molecular flexibility index (Phi) is 15.8. The molecular weight excluding hydrogens is 985 g/mol. The largest absolute Gasteiger partial charge is 0.433 e. The molecule has 0 saturated heterocycles. The molecule has 8 rings (SSSR count). The molecule has 0 unspecified atom stereocenters. The number of oxazole rings is 1. The first kappa shape index (κ1) is 53.0. The third-order valence-electron chi connectivity index (χ3n) is 10.5. The van der Waals surface area contributed by atoms with Crippen molar-refractivity contribution in [2.24, 2.45) is 7.05 Å². The van der Waals surface area contributed by atoms with Crippen LogP contribution in [0.3, 0.4) is 0 Å². The monoisotopic (exact) mass is 1030 g/mol. The van der Waals surface area contributed by atoms with Crippen LogP contribution in [0.25, 0.3) is 11.4 Å². The molecule has 0 radical (unpaired) electrons. The van der Waals surface area contributed by atoms with Gasteiger partial charge in [0.25, 0.3) is 11.8 Å². The third kappa shape index (κ3) is 14.0. The lowest BCUT2D eigenvalue weighted by Gasteiger charge is -2.13. The summed E-state index contributed by atoms with van der Waals surface area (Å²) in [4.78, 5) is 58.8. The lowest BCUT2D eigenvalue weighted by atomic mass is 10.0. The van der Waals surface area contributed by atoms with Gasteiger partial charge in [0.2, 0.25) is 5.91 Å². The van der Waals surface area contributed by atoms with Crippen molar-refractivity contribution in [1.29, 1.82) is 5.26 Å². The number of alkyl halides is 6. The van der Waals surface area contributed by atoms with Crippen molar-refractivity contribution in [1.82, 2.24) is 43.5 Å². The molecule has 0 aliphatic rings. The zero-order valence-electron chi connectivity index (χ0n) is 40.5. The molecular formula is C52H41F6N13O4. The zero-order valence-corrected chi connectivity index (χ0v) is 40.5. The van der Waals surface area contributed by atoms with Gasteiger partial charge in [-0.1, -0.05) is 24.0 Å². The van der Waals surface area contributed by atoms with Crippen molar-refractivity contribution in [3.8, 4) is 41.1 Å². The second-order valence-electron chi connectivity index (χ2n) is 16.7. The van der Waals surface area contributed by atoms with Gasteiger partial charge in [-0.25, -0.2) is 24.9 Å². The molecule has 23 heteroatoms. The van der Waals surface area contributed by atoms with Crippen LogP contribution in [0.2, 0.25) is 0 Å². The van der Waals surface area contributed by atoms with Crippen LogP contribution in [0.1, 0.15) is 77.1 Å². The van der Waals surface area contributed by atoms with Crippen molar-refractivity contribution in [3.05, 3.63) is 178 Å². The topological polar surface area (TPSA) is 207 Å². The molecule has 17 nitrogen and oxygen atoms in total. The Morgan fingerprint density at radius 1 is 0.707 bits per heavy atom. The van der Waals surface area contributed by atoms with Gasteiger partial charge >= 0.3 is 18.4 Å². The van der Waals surface area contributed by atoms with E-state index in [1.807, 2.05) is 14.0 Å². The third-order valence-corrected chi connectivity index (χ3v) is 10.5. The fourth-order valence-electron chi connectivity index (χ4n) is 6.71. The van der Waals surface area contributed by atoms with E-state index in [2.05, 4.69) is 64.6 Å². The average Bonchev–Trinajstić information content (AvgIpc) is 4.20. The zero-order chi connectivity index (χ0) is 54.2. The Bertz CT molecular complexity index is 3630. The van der Waals surface area contributed by atoms with Crippen molar-refractivity contribution in [2.75, 3.05) is 36.6 Å². The normalized spacial score (nSPS) is 11.0. The number of anilines is 3. The number of likely N-dealkylation sites (N-methyl/N-ethyl adjacent to an activating group) is 1. The van der Waals surface area contributed by atoms with Crippen LogP contribution in [-0.2, 0) is 24.2 Å². The first-order chi connectivity index (χ1) is 35.5. The van der Waals surface area contributed by atoms with Gasteiger partial charge in [-0.3, -0.25) is 19.7 Å². The Labute approximate surface area is 423 Å². The predicted molar refractivity (Wildman–Crippen MR) is 261 cm³/mol. The molecule has 3 N–H and O–H groups in total. The summed E-state index contributed by atoms with van der Waals surface area (Å²) in [7, 11) is 5.31. The minimum Gasteiger partial charge on any atom is -0.415 e. The number of halogens is 6. The highest BCUT2D eigenvalue weighted by molar-refractivity contribution is 6.05. The lowest BCUT2D eigenvalue weighted by Crippen LogP contribution is -2.27. The summed E-state index contributed by atoms with van der Waals surface area (Å²) in [5, 5.41) is 16.5. The average molecular weight is 1030 g/mol. The SMILES string of the molecule is Cc1ccc(C(=O)Nc2cc(-n3cnc(C#N)c3)cc(C(F)(F)F)n2)cc1C#Cc1cnc(NC(=O)CN(C)C)o1.Cc1cn(-c2cc(C(=O)Nc3ccc(C)c(C#Cc4cncn4C)c3)cc(C(F)(F)F)c2)cn1. The van der Waals surface area contributed by atoms with Gasteiger partial charge in [-0.2, -0.15) is 31.6 Å². The van der Waals surface area contributed by atoms with Gasteiger partial charge < -0.3 is 33.7 Å². The highest BCUT2D eigenvalue weighted by Crippen LogP contribution is 2.33. The first-order valence-electron chi connectivity index (χ1n) is 22.0. The van der Waals surface area contributed by atoms with E-state index in [0.717, 1.165) is 35.0 Å². The van der Waals surface area contributed by atoms with E-state index in [1.165, 1.54) is 58.4 Å². The molecule has 3 amide bonds. The fraction of sp³-hybridized carbons (Fsp3) is 0.173. The maximum atomic E-state index is 13.5. The number of aryl methyl sites for hydroxylation is 4. The highest BCUT2D eigenvalue weighted by Gasteiger charge is 2.34. The number of rotatable bonds is 9. The Morgan fingerprint density at radius 3 is 2.04 bits per heavy atom. The summed E-state index contributed by atoms with van der Waals surface area (Å²) >= 11 is 0. The number of nitriles is 1. The molecule has 0 bridgehead atoms. The quantitative estimate of drug-likeness (QED) is 0.0923. The number of nitrogens with one attached hydrogen (secondary N) is 3. The number of hydrogen-bond donors (Lipinski definition) is 3. The van der Waals surface area contributed by atoms with Gasteiger partial charge in [0.1, 0.15) is 29.6 Å². The van der Waals surface area contributed by atoms with E-state index in [9.17, 15) is 40.7 Å². The smallest absolute Gasteiger partial charge is 0.415 e. The van der Waals surface area contributed by atoms with Crippen LogP contribution in [0.5, 0.6) is 0 Å². The van der Waals surface area contributed by atoms with E-state index < -0.39 is 35.4 Å². The maximum absolute atomic E-state index is 13.5. The van der Waals surface area contributed by atoms with E-state index in [1.54, 1.807) is 86.5 Å². The van der Waals surface area contributed by atoms with Crippen molar-refractivity contribution >= 4 is 35.2 Å². The van der Waals surface area contributed by atoms with Crippen LogP contribution in [0.4, 0.5) is 43.9 Å². The van der Waals surface area contributed by atoms with Crippen molar-refractivity contribution in [3.63, 3.8) is 0 Å². The van der Waals surface area contributed by atoms with E-state index in [4.69, 9.17) is 9.68 Å². The summed E-state index contributed by atoms with van der Waals surface area (Å²) in [5.41, 5.74) is 2.54. The molecule has 0 aliphatic carbocycles. The van der Waals surface area contributed by atoms with Crippen LogP contribution < -0.4 is 16.0 Å². The number of nitrogens with zero attached hydrogens (tertiary/aromatic N) is 10. The van der Waals surface area contributed by atoms with Crippen LogP contribution >= 0.6 is 0 Å². The number of carbonyl (C=O) groups excluding carboxylic acids is 3. The number of aromatic nitrogens is 8. The molecule has 5 aromatic heterocycles. The Morgan fingerprint density at radius 2 is 1.39 bits per heavy atom. The maximum Gasteiger partial charge on any atom is 0.433 e. The van der Waals surface area contributed by atoms with Crippen LogP contribution in [0.15, 0.2) is 115 Å². The standard InChI is InChI=1S/C27H21F3N8O3.C25H20F3N5O/c1-16-4-5-18(8-17(16)6-7-21-12-32-26(41-21)36-24(39)14-37(2)3)25(40)35-23-10-20(9-22(34-23)27(28,29)30)38-13-19(11-31)33-15-38;1-16-4-6-21(9-18(16)5-7-22-12-29-14-32(22)3)31-24(34)19-8-20(25(26,27)28)11-23(10-19)33-13-17(2)30-15-33/h4-5,8-10,12-13,15H,14H2,1-3H3,(H,32,36,39)(H,34,35,40);4,6,8-15H,1-3H3,(H,31,34). The summed E-state index contributed by atoms with van der Waals surface area (Å²) in [5.74, 6) is 9.81. The molecule has 5 heterocycles. The molecule has 3 aromatic carbocycles. The molecule has 0 fully saturated rings. The van der Waals surface area contributed by atoms with Crippen LogP contribution in [-0.4, -0.2) is 81.9 Å². The fourth-order valence-corrected chi connectivity index (χ4v) is 6.71. The van der Waals surface area contributed by atoms with Crippen molar-refractivity contribution < 1.29 is 45.1 Å². The highest BCUT2D eigenvalue weighted by atomic mass is 19.4. The van der Waals surface area contributed by atoms with Gasteiger partial charge in [-0.15, -0.1) is 0 Å². The van der Waals surface area contributed by atoms with Crippen LogP contribution in [0, 0.1) is 55.8 Å². The number of carbonyl (C=O) groups is 3. The van der Waals surface area contributed by atoms with Gasteiger partial charge in [0, 0.05) is 59.1 Å². The van der Waals surface area contributed by atoms with Gasteiger partial charge in [0.15, 0.2) is 11.5 Å². The summed E-state index contributed by atoms with van der Waals surface area (Å²) in [6, 6.07) is 16.7. The molecule has 75 heavy (non-hydrogen) atoms. The number of pyridine rings is 1. The van der Waals surface area contributed by atoms with E-state index in [0.29, 0.717) is 22.5 Å². The molecule has 0 spiro atoms. The number of imidazole rings is 3. The van der Waals surface area contributed by atoms with E-state index >= 15 is 0 Å². The molecule has 380 valence electrons. The summed E-state index contributed by atoms with van der Waals surface area (Å²) in [6.07, 6.45) is 0.629. The molecule has 8 aromatic rings. The first-order valence-corrected chi connectivity index (χ1v) is 22.0. The summed E-state index contributed by atoms with van der Waals surface area (Å²) < 4.78 is 91.0. The van der Waals surface area contributed by atoms with Gasteiger partial charge in [-0.05, 0) is 106 Å². The lowest BCUT2D eigenvalue weighted by molar-refractivity contribution is -0.141. The molecule has 0 aliphatic heterocycles. The predicted octanol–water partition coefficient (Wildman–Crippen LogP) is 8.50. The summed E-state index contributed by atoms with van der Waals surface area (Å²) in [6.45, 7) is 5.51. The Hall–Kier alpha value is -9.79. The number of amides is 3. The number of benzene rings is 3. The number of hydrogen-bond acceptors (Lipinski definition) is 11. The second-order valence-corrected chi connectivity index (χ2v) is 16.7. The van der Waals surface area contributed by atoms with E-state index in [-0.39, 0.29) is 58.2 Å².